The van der Waals surface area contributed by atoms with E-state index in [9.17, 15) is 4.79 Å². The Bertz CT molecular complexity index is 170. The third-order valence-electron chi connectivity index (χ3n) is 2.73. The second-order valence-corrected chi connectivity index (χ2v) is 3.74. The van der Waals surface area contributed by atoms with Crippen molar-refractivity contribution in [3.63, 3.8) is 0 Å². The Morgan fingerprint density at radius 2 is 2.15 bits per heavy atom. The zero-order chi connectivity index (χ0) is 9.73. The first-order valence-electron chi connectivity index (χ1n) is 5.11. The Morgan fingerprint density at radius 1 is 1.46 bits per heavy atom. The average Bonchev–Trinajstić information content (AvgIpc) is 2.04. The maximum absolute atomic E-state index is 11.7. The highest BCUT2D eigenvalue weighted by atomic mass is 16.5. The normalized spacial score (nSPS) is 19.2. The number of rotatable bonds is 5. The molecule has 0 aromatic rings. The molecule has 13 heavy (non-hydrogen) atoms. The summed E-state index contributed by atoms with van der Waals surface area (Å²) in [6.45, 7) is 6.16. The molecule has 0 radical (unpaired) electrons. The van der Waals surface area contributed by atoms with E-state index < -0.39 is 0 Å². The van der Waals surface area contributed by atoms with Crippen molar-refractivity contribution in [2.75, 3.05) is 19.8 Å². The largest absolute Gasteiger partial charge is 0.379 e. The number of hydrogen-bond donors (Lipinski definition) is 1. The summed E-state index contributed by atoms with van der Waals surface area (Å²) in [6, 6.07) is 0. The van der Waals surface area contributed by atoms with Crippen molar-refractivity contribution in [2.24, 2.45) is 5.41 Å². The first-order chi connectivity index (χ1) is 6.25. The second kappa shape index (κ2) is 4.61. The van der Waals surface area contributed by atoms with Crippen LogP contribution in [0.25, 0.3) is 0 Å². The number of carbonyl (C=O) groups excluding carboxylic acids is 1. The Hall–Kier alpha value is -0.570. The number of hydrogen-bond acceptors (Lipinski definition) is 2. The standard InChI is InChI=1S/C10H19NO2/c1-3-5-6-11-9(12)10(4-2)7-13-8-10/h3-8H2,1-2H3,(H,11,12). The van der Waals surface area contributed by atoms with Crippen molar-refractivity contribution < 1.29 is 9.53 Å². The minimum Gasteiger partial charge on any atom is -0.379 e. The first-order valence-corrected chi connectivity index (χ1v) is 5.11. The Kier molecular flexibility index (Phi) is 3.72. The van der Waals surface area contributed by atoms with Crippen LogP contribution in [0, 0.1) is 5.41 Å². The molecule has 0 aromatic heterocycles. The van der Waals surface area contributed by atoms with E-state index in [0.29, 0.717) is 13.2 Å². The summed E-state index contributed by atoms with van der Waals surface area (Å²) in [5.74, 6) is 0.176. The van der Waals surface area contributed by atoms with Gasteiger partial charge in [0.05, 0.1) is 18.6 Å². The van der Waals surface area contributed by atoms with Crippen LogP contribution in [0.2, 0.25) is 0 Å². The lowest BCUT2D eigenvalue weighted by atomic mass is 9.82. The molecule has 1 fully saturated rings. The van der Waals surface area contributed by atoms with Crippen molar-refractivity contribution in [2.45, 2.75) is 33.1 Å². The van der Waals surface area contributed by atoms with Crippen LogP contribution in [-0.2, 0) is 9.53 Å². The number of unbranched alkanes of at least 4 members (excludes halogenated alkanes) is 1. The quantitative estimate of drug-likeness (QED) is 0.656. The summed E-state index contributed by atoms with van der Waals surface area (Å²) in [5, 5.41) is 2.96. The van der Waals surface area contributed by atoms with Gasteiger partial charge in [-0.2, -0.15) is 0 Å². The Balaban J connectivity index is 2.28. The molecule has 0 aromatic carbocycles. The van der Waals surface area contributed by atoms with Crippen molar-refractivity contribution in [3.8, 4) is 0 Å². The number of nitrogens with one attached hydrogen (secondary N) is 1. The van der Waals surface area contributed by atoms with E-state index in [4.69, 9.17) is 4.74 Å². The van der Waals surface area contributed by atoms with E-state index in [1.807, 2.05) is 6.92 Å². The molecular formula is C10H19NO2. The molecule has 0 unspecified atom stereocenters. The van der Waals surface area contributed by atoms with E-state index in [1.54, 1.807) is 0 Å². The van der Waals surface area contributed by atoms with E-state index in [0.717, 1.165) is 25.8 Å². The van der Waals surface area contributed by atoms with Crippen molar-refractivity contribution >= 4 is 5.91 Å². The highest BCUT2D eigenvalue weighted by Gasteiger charge is 2.43. The molecule has 1 saturated heterocycles. The van der Waals surface area contributed by atoms with Crippen molar-refractivity contribution in [1.82, 2.24) is 5.32 Å². The van der Waals surface area contributed by atoms with Crippen LogP contribution < -0.4 is 5.32 Å². The van der Waals surface area contributed by atoms with E-state index >= 15 is 0 Å². The highest BCUT2D eigenvalue weighted by Crippen LogP contribution is 2.31. The Labute approximate surface area is 79.8 Å². The molecule has 1 heterocycles. The van der Waals surface area contributed by atoms with E-state index in [-0.39, 0.29) is 11.3 Å². The summed E-state index contributed by atoms with van der Waals surface area (Å²) in [4.78, 5) is 11.7. The molecule has 1 N–H and O–H groups in total. The molecule has 0 aliphatic carbocycles. The second-order valence-electron chi connectivity index (χ2n) is 3.74. The molecule has 1 rings (SSSR count). The molecule has 3 nitrogen and oxygen atoms in total. The minimum absolute atomic E-state index is 0.176. The van der Waals surface area contributed by atoms with Gasteiger partial charge in [0.15, 0.2) is 0 Å². The number of amides is 1. The molecule has 0 bridgehead atoms. The van der Waals surface area contributed by atoms with Gasteiger partial charge in [-0.3, -0.25) is 4.79 Å². The lowest BCUT2D eigenvalue weighted by Crippen LogP contribution is -2.53. The van der Waals surface area contributed by atoms with Gasteiger partial charge >= 0.3 is 0 Å². The highest BCUT2D eigenvalue weighted by molar-refractivity contribution is 5.83. The van der Waals surface area contributed by atoms with Crippen molar-refractivity contribution in [1.29, 1.82) is 0 Å². The molecule has 1 aliphatic rings. The zero-order valence-electron chi connectivity index (χ0n) is 8.56. The van der Waals surface area contributed by atoms with Crippen LogP contribution in [0.15, 0.2) is 0 Å². The van der Waals surface area contributed by atoms with Gasteiger partial charge in [-0.05, 0) is 12.8 Å². The third kappa shape index (κ3) is 2.21. The monoisotopic (exact) mass is 185 g/mol. The van der Waals surface area contributed by atoms with Gasteiger partial charge in [-0.1, -0.05) is 20.3 Å². The SMILES string of the molecule is CCCCNC(=O)C1(CC)COC1. The van der Waals surface area contributed by atoms with Gasteiger partial charge in [-0.25, -0.2) is 0 Å². The predicted molar refractivity (Wildman–Crippen MR) is 51.5 cm³/mol. The molecule has 1 aliphatic heterocycles. The van der Waals surface area contributed by atoms with Gasteiger partial charge in [0.1, 0.15) is 0 Å². The molecule has 0 atom stereocenters. The predicted octanol–water partition coefficient (Wildman–Crippen LogP) is 1.33. The molecule has 0 spiro atoms. The summed E-state index contributed by atoms with van der Waals surface area (Å²) in [7, 11) is 0. The maximum Gasteiger partial charge on any atom is 0.230 e. The molecule has 3 heteroatoms. The summed E-state index contributed by atoms with van der Waals surface area (Å²) in [6.07, 6.45) is 3.06. The van der Waals surface area contributed by atoms with Gasteiger partial charge in [0.2, 0.25) is 5.91 Å². The summed E-state index contributed by atoms with van der Waals surface area (Å²) < 4.78 is 5.10. The third-order valence-corrected chi connectivity index (χ3v) is 2.73. The first kappa shape index (κ1) is 10.5. The lowest BCUT2D eigenvalue weighted by molar-refractivity contribution is -0.162. The fourth-order valence-electron chi connectivity index (χ4n) is 1.41. The molecule has 1 amide bonds. The van der Waals surface area contributed by atoms with Crippen molar-refractivity contribution in [3.05, 3.63) is 0 Å². The van der Waals surface area contributed by atoms with Crippen LogP contribution in [0.5, 0.6) is 0 Å². The van der Waals surface area contributed by atoms with E-state index in [1.165, 1.54) is 0 Å². The molecular weight excluding hydrogens is 166 g/mol. The van der Waals surface area contributed by atoms with Gasteiger partial charge in [0.25, 0.3) is 0 Å². The number of carbonyl (C=O) groups is 1. The fourth-order valence-corrected chi connectivity index (χ4v) is 1.41. The van der Waals surface area contributed by atoms with Crippen LogP contribution in [0.3, 0.4) is 0 Å². The zero-order valence-corrected chi connectivity index (χ0v) is 8.56. The molecule has 76 valence electrons. The van der Waals surface area contributed by atoms with Gasteiger partial charge < -0.3 is 10.1 Å². The summed E-state index contributed by atoms with van der Waals surface area (Å²) in [5.41, 5.74) is -0.201. The Morgan fingerprint density at radius 3 is 2.54 bits per heavy atom. The fraction of sp³-hybridized carbons (Fsp3) is 0.900. The van der Waals surface area contributed by atoms with Crippen LogP contribution in [0.1, 0.15) is 33.1 Å². The molecule has 0 saturated carbocycles. The van der Waals surface area contributed by atoms with Crippen LogP contribution >= 0.6 is 0 Å². The van der Waals surface area contributed by atoms with Crippen LogP contribution in [-0.4, -0.2) is 25.7 Å². The maximum atomic E-state index is 11.7. The lowest BCUT2D eigenvalue weighted by Gasteiger charge is -2.39. The van der Waals surface area contributed by atoms with Gasteiger partial charge in [0, 0.05) is 6.54 Å². The smallest absolute Gasteiger partial charge is 0.230 e. The topological polar surface area (TPSA) is 38.3 Å². The average molecular weight is 185 g/mol. The van der Waals surface area contributed by atoms with Gasteiger partial charge in [-0.15, -0.1) is 0 Å². The van der Waals surface area contributed by atoms with Crippen LogP contribution in [0.4, 0.5) is 0 Å². The van der Waals surface area contributed by atoms with E-state index in [2.05, 4.69) is 12.2 Å². The number of ether oxygens (including phenoxy) is 1. The summed E-state index contributed by atoms with van der Waals surface area (Å²) >= 11 is 0. The minimum atomic E-state index is -0.201.